The van der Waals surface area contributed by atoms with Crippen LogP contribution in [0.25, 0.3) is 11.3 Å². The molecular weight excluding hydrogens is 384 g/mol. The molecule has 0 aliphatic rings. The highest BCUT2D eigenvalue weighted by Crippen LogP contribution is 2.26. The van der Waals surface area contributed by atoms with E-state index in [2.05, 4.69) is 36.3 Å². The van der Waals surface area contributed by atoms with Crippen LogP contribution in [0.1, 0.15) is 27.0 Å². The summed E-state index contributed by atoms with van der Waals surface area (Å²) < 4.78 is 0. The largest absolute Gasteiger partial charge is 0.366 e. The van der Waals surface area contributed by atoms with E-state index in [0.29, 0.717) is 17.2 Å². The van der Waals surface area contributed by atoms with Crippen LogP contribution in [0.5, 0.6) is 0 Å². The van der Waals surface area contributed by atoms with Crippen LogP contribution in [0.15, 0.2) is 47.8 Å². The standard InChI is InChI=1S/C22H24N4O2S/c1-14-7-8-17(9-15(14)2)19-13-29-22(24-19)25-20(27)12-26(3)11-16-5-4-6-18(10-16)21(23)28/h4-10,13H,11-12H2,1-3H3,(H2,23,28)(H,24,25,27). The highest BCUT2D eigenvalue weighted by Gasteiger charge is 2.12. The van der Waals surface area contributed by atoms with Crippen molar-refractivity contribution < 1.29 is 9.59 Å². The Morgan fingerprint density at radius 2 is 1.93 bits per heavy atom. The molecule has 0 bridgehead atoms. The zero-order chi connectivity index (χ0) is 21.0. The lowest BCUT2D eigenvalue weighted by Gasteiger charge is -2.16. The monoisotopic (exact) mass is 408 g/mol. The topological polar surface area (TPSA) is 88.3 Å². The number of anilines is 1. The lowest BCUT2D eigenvalue weighted by molar-refractivity contribution is -0.117. The first-order valence-electron chi connectivity index (χ1n) is 9.22. The van der Waals surface area contributed by atoms with Gasteiger partial charge in [0.15, 0.2) is 5.13 Å². The summed E-state index contributed by atoms with van der Waals surface area (Å²) in [6, 6.07) is 13.3. The fourth-order valence-electron chi connectivity index (χ4n) is 2.96. The maximum atomic E-state index is 12.4. The number of thiazole rings is 1. The van der Waals surface area contributed by atoms with Gasteiger partial charge in [-0.3, -0.25) is 14.5 Å². The minimum atomic E-state index is -0.462. The lowest BCUT2D eigenvalue weighted by atomic mass is 10.1. The van der Waals surface area contributed by atoms with Gasteiger partial charge in [0.2, 0.25) is 11.8 Å². The number of rotatable bonds is 7. The molecule has 7 heteroatoms. The van der Waals surface area contributed by atoms with Crippen LogP contribution in [0.2, 0.25) is 0 Å². The van der Waals surface area contributed by atoms with Gasteiger partial charge >= 0.3 is 0 Å². The fraction of sp³-hybridized carbons (Fsp3) is 0.227. The third kappa shape index (κ3) is 5.49. The first-order chi connectivity index (χ1) is 13.8. The molecule has 0 saturated carbocycles. The number of benzene rings is 2. The van der Waals surface area contributed by atoms with Crippen molar-refractivity contribution in [2.24, 2.45) is 5.73 Å². The number of nitrogens with zero attached hydrogens (tertiary/aromatic N) is 2. The van der Waals surface area contributed by atoms with Gasteiger partial charge in [0, 0.05) is 23.1 Å². The molecule has 3 rings (SSSR count). The van der Waals surface area contributed by atoms with E-state index < -0.39 is 5.91 Å². The van der Waals surface area contributed by atoms with Crippen molar-refractivity contribution in [3.8, 4) is 11.3 Å². The third-order valence-corrected chi connectivity index (χ3v) is 5.39. The van der Waals surface area contributed by atoms with Crippen molar-refractivity contribution in [1.29, 1.82) is 0 Å². The summed E-state index contributed by atoms with van der Waals surface area (Å²) >= 11 is 1.41. The predicted octanol–water partition coefficient (Wildman–Crippen LogP) is 3.60. The molecule has 2 aromatic carbocycles. The molecule has 29 heavy (non-hydrogen) atoms. The Kier molecular flexibility index (Phi) is 6.41. The second-order valence-corrected chi connectivity index (χ2v) is 7.98. The van der Waals surface area contributed by atoms with Crippen LogP contribution in [0.4, 0.5) is 5.13 Å². The van der Waals surface area contributed by atoms with Gasteiger partial charge in [-0.2, -0.15) is 0 Å². The molecule has 0 aliphatic heterocycles. The summed E-state index contributed by atoms with van der Waals surface area (Å²) in [5.41, 5.74) is 11.0. The highest BCUT2D eigenvalue weighted by atomic mass is 32.1. The number of hydrogen-bond donors (Lipinski definition) is 2. The van der Waals surface area contributed by atoms with Gasteiger partial charge in [0.1, 0.15) is 0 Å². The van der Waals surface area contributed by atoms with E-state index in [0.717, 1.165) is 16.8 Å². The molecule has 1 aromatic heterocycles. The van der Waals surface area contributed by atoms with Crippen molar-refractivity contribution in [2.45, 2.75) is 20.4 Å². The molecular formula is C22H24N4O2S. The fourth-order valence-corrected chi connectivity index (χ4v) is 3.69. The molecule has 0 unspecified atom stereocenters. The van der Waals surface area contributed by atoms with Crippen molar-refractivity contribution in [3.05, 3.63) is 70.1 Å². The second kappa shape index (κ2) is 8.98. The molecule has 0 spiro atoms. The van der Waals surface area contributed by atoms with Crippen LogP contribution in [0, 0.1) is 13.8 Å². The third-order valence-electron chi connectivity index (χ3n) is 4.63. The second-order valence-electron chi connectivity index (χ2n) is 7.12. The van der Waals surface area contributed by atoms with Gasteiger partial charge in [0.05, 0.1) is 12.2 Å². The maximum Gasteiger partial charge on any atom is 0.248 e. The van der Waals surface area contributed by atoms with Gasteiger partial charge in [-0.1, -0.05) is 24.3 Å². The molecule has 3 N–H and O–H groups in total. The number of nitrogens with two attached hydrogens (primary N) is 1. The average molecular weight is 409 g/mol. The molecule has 6 nitrogen and oxygen atoms in total. The summed E-state index contributed by atoms with van der Waals surface area (Å²) in [5, 5.41) is 5.38. The molecule has 2 amide bonds. The van der Waals surface area contributed by atoms with Crippen molar-refractivity contribution in [2.75, 3.05) is 18.9 Å². The van der Waals surface area contributed by atoms with E-state index >= 15 is 0 Å². The number of aryl methyl sites for hydroxylation is 2. The smallest absolute Gasteiger partial charge is 0.248 e. The van der Waals surface area contributed by atoms with Crippen molar-refractivity contribution >= 4 is 28.3 Å². The number of amides is 2. The summed E-state index contributed by atoms with van der Waals surface area (Å²) in [7, 11) is 1.85. The Hall–Kier alpha value is -3.03. The first kappa shape index (κ1) is 20.7. The minimum Gasteiger partial charge on any atom is -0.366 e. The summed E-state index contributed by atoms with van der Waals surface area (Å²) in [6.07, 6.45) is 0. The Bertz CT molecular complexity index is 1040. The van der Waals surface area contributed by atoms with Crippen molar-refractivity contribution in [1.82, 2.24) is 9.88 Å². The van der Waals surface area contributed by atoms with E-state index in [1.54, 1.807) is 18.2 Å². The van der Waals surface area contributed by atoms with Gasteiger partial charge in [-0.05, 0) is 55.8 Å². The number of hydrogen-bond acceptors (Lipinski definition) is 5. The van der Waals surface area contributed by atoms with E-state index in [4.69, 9.17) is 5.73 Å². The van der Waals surface area contributed by atoms with E-state index in [1.807, 2.05) is 29.5 Å². The molecule has 0 atom stereocenters. The Balaban J connectivity index is 1.58. The van der Waals surface area contributed by atoms with Gasteiger partial charge in [-0.15, -0.1) is 11.3 Å². The number of primary amides is 1. The number of carbonyl (C=O) groups excluding carboxylic acids is 2. The number of nitrogens with one attached hydrogen (secondary N) is 1. The number of likely N-dealkylation sites (N-methyl/N-ethyl adjacent to an activating group) is 1. The van der Waals surface area contributed by atoms with Crippen LogP contribution < -0.4 is 11.1 Å². The molecule has 0 saturated heterocycles. The normalized spacial score (nSPS) is 10.9. The molecule has 1 heterocycles. The number of carbonyl (C=O) groups is 2. The summed E-state index contributed by atoms with van der Waals surface area (Å²) in [5.74, 6) is -0.602. The van der Waals surface area contributed by atoms with Gasteiger partial charge in [0.25, 0.3) is 0 Å². The lowest BCUT2D eigenvalue weighted by Crippen LogP contribution is -2.29. The average Bonchev–Trinajstić information content (AvgIpc) is 3.12. The minimum absolute atomic E-state index is 0.139. The van der Waals surface area contributed by atoms with Gasteiger partial charge in [-0.25, -0.2) is 4.98 Å². The molecule has 0 radical (unpaired) electrons. The first-order valence-corrected chi connectivity index (χ1v) is 10.1. The van der Waals surface area contributed by atoms with E-state index in [9.17, 15) is 9.59 Å². The zero-order valence-electron chi connectivity index (χ0n) is 16.7. The van der Waals surface area contributed by atoms with E-state index in [1.165, 1.54) is 22.5 Å². The maximum absolute atomic E-state index is 12.4. The molecule has 150 valence electrons. The van der Waals surface area contributed by atoms with Crippen LogP contribution in [-0.2, 0) is 11.3 Å². The van der Waals surface area contributed by atoms with Crippen LogP contribution >= 0.6 is 11.3 Å². The molecule has 3 aromatic rings. The Morgan fingerprint density at radius 1 is 1.14 bits per heavy atom. The molecule has 0 fully saturated rings. The summed E-state index contributed by atoms with van der Waals surface area (Å²) in [4.78, 5) is 30.1. The van der Waals surface area contributed by atoms with Crippen LogP contribution in [-0.4, -0.2) is 35.3 Å². The number of aromatic nitrogens is 1. The quantitative estimate of drug-likeness (QED) is 0.625. The SMILES string of the molecule is Cc1ccc(-c2csc(NC(=O)CN(C)Cc3cccc(C(N)=O)c3)n2)cc1C. The highest BCUT2D eigenvalue weighted by molar-refractivity contribution is 7.14. The zero-order valence-corrected chi connectivity index (χ0v) is 17.5. The Labute approximate surface area is 174 Å². The predicted molar refractivity (Wildman–Crippen MR) is 117 cm³/mol. The molecule has 0 aliphatic carbocycles. The van der Waals surface area contributed by atoms with Gasteiger partial charge < -0.3 is 11.1 Å². The van der Waals surface area contributed by atoms with Crippen LogP contribution in [0.3, 0.4) is 0 Å². The van der Waals surface area contributed by atoms with Crippen molar-refractivity contribution in [3.63, 3.8) is 0 Å². The Morgan fingerprint density at radius 3 is 2.66 bits per heavy atom. The summed E-state index contributed by atoms with van der Waals surface area (Å²) in [6.45, 7) is 4.88. The van der Waals surface area contributed by atoms with E-state index in [-0.39, 0.29) is 12.5 Å².